The number of imidazole rings is 1. The molecule has 4 aromatic carbocycles. The van der Waals surface area contributed by atoms with Gasteiger partial charge in [-0.25, -0.2) is 4.98 Å². The topological polar surface area (TPSA) is 60.0 Å². The number of rotatable bonds is 6. The van der Waals surface area contributed by atoms with Crippen LogP contribution in [-0.2, 0) is 13.0 Å². The van der Waals surface area contributed by atoms with Crippen molar-refractivity contribution in [3.05, 3.63) is 108 Å². The molecule has 0 unspecified atom stereocenters. The zero-order valence-corrected chi connectivity index (χ0v) is 19.7. The lowest BCUT2D eigenvalue weighted by Crippen LogP contribution is -2.07. The maximum absolute atomic E-state index is 6.08. The lowest BCUT2D eigenvalue weighted by molar-refractivity contribution is 0.487. The smallest absolute Gasteiger partial charge is 0.247 e. The van der Waals surface area contributed by atoms with Gasteiger partial charge in [0.15, 0.2) is 0 Å². The predicted octanol–water partition coefficient (Wildman–Crippen LogP) is 5.94. The zero-order chi connectivity index (χ0) is 23.8. The largest absolute Gasteiger partial charge is 0.419 e. The summed E-state index contributed by atoms with van der Waals surface area (Å²) in [7, 11) is 4.04. The minimum absolute atomic E-state index is 0.462. The minimum atomic E-state index is 0.462. The van der Waals surface area contributed by atoms with Crippen molar-refractivity contribution < 1.29 is 4.42 Å². The average Bonchev–Trinajstić information content (AvgIpc) is 3.49. The normalized spacial score (nSPS) is 11.4. The summed E-state index contributed by atoms with van der Waals surface area (Å²) in [4.78, 5) is 7.03. The van der Waals surface area contributed by atoms with Gasteiger partial charge in [-0.3, -0.25) is 0 Å². The van der Waals surface area contributed by atoms with E-state index in [1.807, 2.05) is 56.6 Å². The van der Waals surface area contributed by atoms with Crippen LogP contribution in [0.5, 0.6) is 0 Å². The number of anilines is 1. The van der Waals surface area contributed by atoms with Gasteiger partial charge in [0.25, 0.3) is 0 Å². The molecular weight excluding hydrogens is 434 g/mol. The van der Waals surface area contributed by atoms with Crippen molar-refractivity contribution in [3.63, 3.8) is 0 Å². The molecule has 0 aliphatic rings. The Bertz CT molecular complexity index is 1620. The number of benzene rings is 4. The van der Waals surface area contributed by atoms with Gasteiger partial charge in [0.05, 0.1) is 11.0 Å². The fourth-order valence-electron chi connectivity index (χ4n) is 4.53. The number of hydrogen-bond acceptors (Lipinski definition) is 5. The molecular formula is C29H25N5O. The summed E-state index contributed by atoms with van der Waals surface area (Å²) in [5.74, 6) is 2.04. The van der Waals surface area contributed by atoms with Crippen LogP contribution < -0.4 is 4.90 Å². The van der Waals surface area contributed by atoms with Crippen molar-refractivity contribution in [1.82, 2.24) is 19.7 Å². The van der Waals surface area contributed by atoms with Gasteiger partial charge in [-0.1, -0.05) is 54.6 Å². The first-order valence-corrected chi connectivity index (χ1v) is 11.7. The van der Waals surface area contributed by atoms with Crippen molar-refractivity contribution >= 4 is 27.5 Å². The molecule has 0 saturated heterocycles. The van der Waals surface area contributed by atoms with Gasteiger partial charge < -0.3 is 13.9 Å². The third-order valence-electron chi connectivity index (χ3n) is 6.35. The maximum atomic E-state index is 6.08. The van der Waals surface area contributed by atoms with Crippen molar-refractivity contribution in [1.29, 1.82) is 0 Å². The van der Waals surface area contributed by atoms with E-state index in [1.165, 1.54) is 16.3 Å². The molecule has 0 fully saturated rings. The van der Waals surface area contributed by atoms with Crippen LogP contribution in [0.15, 0.2) is 95.4 Å². The lowest BCUT2D eigenvalue weighted by atomic mass is 10.0. The molecule has 0 amide bonds. The van der Waals surface area contributed by atoms with E-state index in [2.05, 4.69) is 68.2 Å². The Balaban J connectivity index is 1.35. The van der Waals surface area contributed by atoms with Gasteiger partial charge >= 0.3 is 0 Å². The fourth-order valence-corrected chi connectivity index (χ4v) is 4.53. The predicted molar refractivity (Wildman–Crippen MR) is 140 cm³/mol. The molecule has 35 heavy (non-hydrogen) atoms. The van der Waals surface area contributed by atoms with E-state index in [1.54, 1.807) is 0 Å². The van der Waals surface area contributed by atoms with E-state index in [-0.39, 0.29) is 0 Å². The molecule has 0 N–H and O–H groups in total. The Morgan fingerprint density at radius 1 is 0.800 bits per heavy atom. The second-order valence-corrected chi connectivity index (χ2v) is 8.86. The highest BCUT2D eigenvalue weighted by Crippen LogP contribution is 2.26. The number of fused-ring (bicyclic) bond motifs is 2. The molecule has 6 aromatic rings. The number of aromatic nitrogens is 4. The summed E-state index contributed by atoms with van der Waals surface area (Å²) in [5.41, 5.74) is 5.28. The van der Waals surface area contributed by atoms with Gasteiger partial charge in [0, 0.05) is 31.8 Å². The van der Waals surface area contributed by atoms with Crippen LogP contribution in [0.4, 0.5) is 5.69 Å². The van der Waals surface area contributed by atoms with Crippen LogP contribution >= 0.6 is 0 Å². The number of para-hydroxylation sites is 2. The molecule has 0 atom stereocenters. The van der Waals surface area contributed by atoms with Gasteiger partial charge in [0.2, 0.25) is 11.8 Å². The van der Waals surface area contributed by atoms with E-state index in [4.69, 9.17) is 9.40 Å². The monoisotopic (exact) mass is 459 g/mol. The van der Waals surface area contributed by atoms with Crippen LogP contribution in [0.2, 0.25) is 0 Å². The van der Waals surface area contributed by atoms with Crippen molar-refractivity contribution in [2.24, 2.45) is 0 Å². The van der Waals surface area contributed by atoms with Crippen molar-refractivity contribution in [2.45, 2.75) is 13.0 Å². The van der Waals surface area contributed by atoms with Gasteiger partial charge in [0.1, 0.15) is 12.4 Å². The van der Waals surface area contributed by atoms with Crippen LogP contribution in [0.3, 0.4) is 0 Å². The van der Waals surface area contributed by atoms with E-state index < -0.39 is 0 Å². The number of nitrogens with zero attached hydrogens (tertiary/aromatic N) is 5. The highest BCUT2D eigenvalue weighted by atomic mass is 16.4. The van der Waals surface area contributed by atoms with Crippen LogP contribution in [0.25, 0.3) is 33.3 Å². The molecule has 0 radical (unpaired) electrons. The Hall–Kier alpha value is -4.45. The molecule has 6 heteroatoms. The molecule has 0 aliphatic heterocycles. The molecule has 0 saturated carbocycles. The van der Waals surface area contributed by atoms with Gasteiger partial charge in [-0.15, -0.1) is 10.2 Å². The maximum Gasteiger partial charge on any atom is 0.247 e. The molecule has 0 spiro atoms. The summed E-state index contributed by atoms with van der Waals surface area (Å²) in [6.07, 6.45) is 0.711. The van der Waals surface area contributed by atoms with Crippen molar-refractivity contribution in [2.75, 3.05) is 19.0 Å². The molecule has 0 aliphatic carbocycles. The summed E-state index contributed by atoms with van der Waals surface area (Å²) in [6, 6.07) is 31.2. The summed E-state index contributed by atoms with van der Waals surface area (Å²) >= 11 is 0. The highest BCUT2D eigenvalue weighted by Gasteiger charge is 2.16. The van der Waals surface area contributed by atoms with Crippen LogP contribution in [0, 0.1) is 0 Å². The third-order valence-corrected chi connectivity index (χ3v) is 6.35. The molecule has 2 heterocycles. The van der Waals surface area contributed by atoms with Crippen LogP contribution in [0.1, 0.15) is 17.3 Å². The Kier molecular flexibility index (Phi) is 5.26. The van der Waals surface area contributed by atoms with E-state index in [9.17, 15) is 0 Å². The Labute approximate surface area is 203 Å². The standard InChI is InChI=1S/C29H25N5O/c1-33(2)23-16-14-21(15-17-23)29-32-31-28(35-29)19-34-26-13-6-5-12-25(26)30-27(34)18-22-10-7-9-20-8-3-4-11-24(20)22/h3-17H,18-19H2,1-2H3. The van der Waals surface area contributed by atoms with Gasteiger partial charge in [-0.05, 0) is 52.7 Å². The minimum Gasteiger partial charge on any atom is -0.419 e. The summed E-state index contributed by atoms with van der Waals surface area (Å²) < 4.78 is 8.27. The molecule has 0 bridgehead atoms. The van der Waals surface area contributed by atoms with Crippen LogP contribution in [-0.4, -0.2) is 33.8 Å². The Morgan fingerprint density at radius 3 is 2.43 bits per heavy atom. The van der Waals surface area contributed by atoms with E-state index >= 15 is 0 Å². The highest BCUT2D eigenvalue weighted by molar-refractivity contribution is 5.86. The Morgan fingerprint density at radius 2 is 1.57 bits per heavy atom. The van der Waals surface area contributed by atoms with E-state index in [0.29, 0.717) is 24.7 Å². The molecule has 2 aromatic heterocycles. The second kappa shape index (κ2) is 8.72. The van der Waals surface area contributed by atoms with Crippen molar-refractivity contribution in [3.8, 4) is 11.5 Å². The molecule has 172 valence electrons. The first-order chi connectivity index (χ1) is 17.2. The third kappa shape index (κ3) is 4.04. The molecule has 6 rings (SSSR count). The first-order valence-electron chi connectivity index (χ1n) is 11.7. The van der Waals surface area contributed by atoms with Gasteiger partial charge in [-0.2, -0.15) is 0 Å². The average molecular weight is 460 g/mol. The molecule has 6 nitrogen and oxygen atoms in total. The SMILES string of the molecule is CN(C)c1ccc(-c2nnc(Cn3c(Cc4cccc5ccccc45)nc4ccccc43)o2)cc1. The summed E-state index contributed by atoms with van der Waals surface area (Å²) in [6.45, 7) is 0.462. The quantitative estimate of drug-likeness (QED) is 0.308. The second-order valence-electron chi connectivity index (χ2n) is 8.86. The zero-order valence-electron chi connectivity index (χ0n) is 19.7. The first kappa shape index (κ1) is 21.1. The summed E-state index contributed by atoms with van der Waals surface area (Å²) in [5, 5.41) is 11.1. The number of hydrogen-bond donors (Lipinski definition) is 0. The fraction of sp³-hybridized carbons (Fsp3) is 0.138. The lowest BCUT2D eigenvalue weighted by Gasteiger charge is -2.11. The van der Waals surface area contributed by atoms with E-state index in [0.717, 1.165) is 28.1 Å².